The van der Waals surface area contributed by atoms with Crippen LogP contribution in [0.15, 0.2) is 42.5 Å². The maximum Gasteiger partial charge on any atom is 0.361 e. The second-order valence-electron chi connectivity index (χ2n) is 5.30. The quantitative estimate of drug-likeness (QED) is 0.682. The molecule has 2 aromatic carbocycles. The van der Waals surface area contributed by atoms with Crippen LogP contribution in [0.1, 0.15) is 23.0 Å². The highest BCUT2D eigenvalue weighted by molar-refractivity contribution is 5.93. The summed E-state index contributed by atoms with van der Waals surface area (Å²) in [7, 11) is 0. The number of hydrogen-bond donors (Lipinski definition) is 1. The van der Waals surface area contributed by atoms with E-state index in [9.17, 15) is 13.6 Å². The van der Waals surface area contributed by atoms with Gasteiger partial charge in [-0.05, 0) is 48.9 Å². The van der Waals surface area contributed by atoms with Gasteiger partial charge >= 0.3 is 5.97 Å². The predicted molar refractivity (Wildman–Crippen MR) is 88.5 cm³/mol. The van der Waals surface area contributed by atoms with Crippen molar-refractivity contribution in [3.8, 4) is 17.0 Å². The molecule has 1 heterocycles. The molecule has 0 radical (unpaired) electrons. The lowest BCUT2D eigenvalue weighted by Crippen LogP contribution is -2.06. The number of aromatic nitrogens is 3. The SMILES string of the molecule is CCOC(=O)c1n[nH]nc1-c1ccc(OCc2ccc(F)c(F)c2)cc1. The summed E-state index contributed by atoms with van der Waals surface area (Å²) in [6.07, 6.45) is 0. The van der Waals surface area contributed by atoms with Crippen molar-refractivity contribution in [2.45, 2.75) is 13.5 Å². The number of benzene rings is 2. The minimum absolute atomic E-state index is 0.0918. The second-order valence-corrected chi connectivity index (χ2v) is 5.30. The third-order valence-electron chi connectivity index (χ3n) is 3.53. The summed E-state index contributed by atoms with van der Waals surface area (Å²) in [4.78, 5) is 11.9. The van der Waals surface area contributed by atoms with Gasteiger partial charge in [-0.2, -0.15) is 10.3 Å². The van der Waals surface area contributed by atoms with E-state index in [-0.39, 0.29) is 18.9 Å². The standard InChI is InChI=1S/C18H15F2N3O3/c1-2-25-18(24)17-16(21-23-22-17)12-4-6-13(7-5-12)26-10-11-3-8-14(19)15(20)9-11/h3-9H,2,10H2,1H3,(H,21,22,23). The molecule has 0 unspecified atom stereocenters. The average Bonchev–Trinajstić information content (AvgIpc) is 3.13. The molecule has 0 fully saturated rings. The van der Waals surface area contributed by atoms with E-state index in [1.165, 1.54) is 6.07 Å². The Hall–Kier alpha value is -3.29. The van der Waals surface area contributed by atoms with Crippen molar-refractivity contribution in [3.05, 3.63) is 65.4 Å². The molecule has 6 nitrogen and oxygen atoms in total. The van der Waals surface area contributed by atoms with E-state index in [0.29, 0.717) is 22.6 Å². The van der Waals surface area contributed by atoms with Crippen LogP contribution in [-0.4, -0.2) is 28.0 Å². The number of ether oxygens (including phenoxy) is 2. The van der Waals surface area contributed by atoms with Crippen LogP contribution >= 0.6 is 0 Å². The van der Waals surface area contributed by atoms with E-state index >= 15 is 0 Å². The molecule has 0 atom stereocenters. The van der Waals surface area contributed by atoms with Gasteiger partial charge in [-0.15, -0.1) is 5.10 Å². The molecule has 0 saturated carbocycles. The fourth-order valence-electron chi connectivity index (χ4n) is 2.28. The van der Waals surface area contributed by atoms with E-state index < -0.39 is 17.6 Å². The van der Waals surface area contributed by atoms with Crippen molar-refractivity contribution < 1.29 is 23.0 Å². The Balaban J connectivity index is 1.70. The molecular weight excluding hydrogens is 344 g/mol. The number of rotatable bonds is 6. The Labute approximate surface area is 147 Å². The molecule has 1 N–H and O–H groups in total. The van der Waals surface area contributed by atoms with Crippen LogP contribution in [0.4, 0.5) is 8.78 Å². The van der Waals surface area contributed by atoms with Gasteiger partial charge in [0.1, 0.15) is 18.1 Å². The van der Waals surface area contributed by atoms with Gasteiger partial charge < -0.3 is 9.47 Å². The fourth-order valence-corrected chi connectivity index (χ4v) is 2.28. The Morgan fingerprint density at radius 1 is 1.08 bits per heavy atom. The largest absolute Gasteiger partial charge is 0.489 e. The number of carbonyl (C=O) groups excluding carboxylic acids is 1. The topological polar surface area (TPSA) is 77.1 Å². The van der Waals surface area contributed by atoms with Gasteiger partial charge in [0.05, 0.1) is 6.61 Å². The molecule has 26 heavy (non-hydrogen) atoms. The minimum Gasteiger partial charge on any atom is -0.489 e. The smallest absolute Gasteiger partial charge is 0.361 e. The van der Waals surface area contributed by atoms with Crippen LogP contribution in [0, 0.1) is 11.6 Å². The first kappa shape index (κ1) is 17.5. The molecule has 3 rings (SSSR count). The Morgan fingerprint density at radius 2 is 1.85 bits per heavy atom. The number of H-pyrrole nitrogens is 1. The fraction of sp³-hybridized carbons (Fsp3) is 0.167. The van der Waals surface area contributed by atoms with Crippen LogP contribution < -0.4 is 4.74 Å². The first-order valence-electron chi connectivity index (χ1n) is 7.83. The van der Waals surface area contributed by atoms with Crippen LogP contribution in [0.3, 0.4) is 0 Å². The maximum absolute atomic E-state index is 13.2. The first-order chi connectivity index (χ1) is 12.6. The summed E-state index contributed by atoms with van der Waals surface area (Å²) < 4.78 is 36.6. The van der Waals surface area contributed by atoms with Crippen molar-refractivity contribution >= 4 is 5.97 Å². The summed E-state index contributed by atoms with van der Waals surface area (Å²) >= 11 is 0. The zero-order chi connectivity index (χ0) is 18.5. The van der Waals surface area contributed by atoms with E-state index in [1.807, 2.05) is 0 Å². The summed E-state index contributed by atoms with van der Waals surface area (Å²) in [6, 6.07) is 10.4. The molecular formula is C18H15F2N3O3. The third-order valence-corrected chi connectivity index (χ3v) is 3.53. The summed E-state index contributed by atoms with van der Waals surface area (Å²) in [6.45, 7) is 2.03. The lowest BCUT2D eigenvalue weighted by molar-refractivity contribution is 0.0520. The summed E-state index contributed by atoms with van der Waals surface area (Å²) in [5.74, 6) is -1.85. The van der Waals surface area contributed by atoms with E-state index in [4.69, 9.17) is 9.47 Å². The average molecular weight is 359 g/mol. The molecule has 0 amide bonds. The molecule has 0 bridgehead atoms. The molecule has 0 aliphatic carbocycles. The summed E-state index contributed by atoms with van der Waals surface area (Å²) in [5, 5.41) is 10.2. The van der Waals surface area contributed by atoms with Gasteiger partial charge in [0.15, 0.2) is 17.3 Å². The van der Waals surface area contributed by atoms with Crippen molar-refractivity contribution in [2.24, 2.45) is 0 Å². The number of halogens is 2. The van der Waals surface area contributed by atoms with Crippen molar-refractivity contribution in [3.63, 3.8) is 0 Å². The summed E-state index contributed by atoms with van der Waals surface area (Å²) in [5.41, 5.74) is 1.63. The third kappa shape index (κ3) is 3.85. The zero-order valence-electron chi connectivity index (χ0n) is 13.8. The minimum atomic E-state index is -0.918. The number of nitrogens with one attached hydrogen (secondary N) is 1. The Kier molecular flexibility index (Phi) is 5.21. The lowest BCUT2D eigenvalue weighted by atomic mass is 10.1. The molecule has 0 saturated heterocycles. The molecule has 3 aromatic rings. The van der Waals surface area contributed by atoms with Gasteiger partial charge in [0.2, 0.25) is 0 Å². The zero-order valence-corrected chi connectivity index (χ0v) is 13.8. The number of carbonyl (C=O) groups is 1. The molecule has 0 aliphatic rings. The molecule has 134 valence electrons. The molecule has 0 spiro atoms. The van der Waals surface area contributed by atoms with Crippen LogP contribution in [-0.2, 0) is 11.3 Å². The normalized spacial score (nSPS) is 10.6. The van der Waals surface area contributed by atoms with Crippen molar-refractivity contribution in [2.75, 3.05) is 6.61 Å². The molecule has 1 aromatic heterocycles. The lowest BCUT2D eigenvalue weighted by Gasteiger charge is -2.07. The van der Waals surface area contributed by atoms with Crippen LogP contribution in [0.25, 0.3) is 11.3 Å². The molecule has 0 aliphatic heterocycles. The van der Waals surface area contributed by atoms with Gasteiger partial charge in [-0.1, -0.05) is 6.07 Å². The van der Waals surface area contributed by atoms with Crippen LogP contribution in [0.5, 0.6) is 5.75 Å². The van der Waals surface area contributed by atoms with Gasteiger partial charge in [0, 0.05) is 5.56 Å². The van der Waals surface area contributed by atoms with E-state index in [2.05, 4.69) is 15.4 Å². The second kappa shape index (κ2) is 7.73. The van der Waals surface area contributed by atoms with E-state index in [1.54, 1.807) is 31.2 Å². The van der Waals surface area contributed by atoms with Gasteiger partial charge in [0.25, 0.3) is 0 Å². The number of esters is 1. The number of hydrogen-bond acceptors (Lipinski definition) is 5. The predicted octanol–water partition coefficient (Wildman–Crippen LogP) is 3.51. The monoisotopic (exact) mass is 359 g/mol. The van der Waals surface area contributed by atoms with Gasteiger partial charge in [-0.3, -0.25) is 0 Å². The highest BCUT2D eigenvalue weighted by atomic mass is 19.2. The number of nitrogens with zero attached hydrogens (tertiary/aromatic N) is 2. The molecule has 8 heteroatoms. The van der Waals surface area contributed by atoms with Crippen molar-refractivity contribution in [1.29, 1.82) is 0 Å². The maximum atomic E-state index is 13.2. The number of aromatic amines is 1. The Morgan fingerprint density at radius 3 is 2.54 bits per heavy atom. The van der Waals surface area contributed by atoms with E-state index in [0.717, 1.165) is 12.1 Å². The van der Waals surface area contributed by atoms with Crippen molar-refractivity contribution in [1.82, 2.24) is 15.4 Å². The first-order valence-corrected chi connectivity index (χ1v) is 7.83. The highest BCUT2D eigenvalue weighted by Crippen LogP contribution is 2.24. The van der Waals surface area contributed by atoms with Crippen LogP contribution in [0.2, 0.25) is 0 Å². The highest BCUT2D eigenvalue weighted by Gasteiger charge is 2.18. The Bertz CT molecular complexity index is 910. The van der Waals surface area contributed by atoms with Gasteiger partial charge in [-0.25, -0.2) is 13.6 Å².